The lowest BCUT2D eigenvalue weighted by Gasteiger charge is -2.26. The van der Waals surface area contributed by atoms with Crippen molar-refractivity contribution >= 4 is 5.97 Å². The molecule has 118 valence electrons. The van der Waals surface area contributed by atoms with Gasteiger partial charge >= 0.3 is 5.97 Å². The van der Waals surface area contributed by atoms with Crippen LogP contribution >= 0.6 is 0 Å². The minimum atomic E-state index is -0.390. The molecule has 0 amide bonds. The Hall–Kier alpha value is -1.47. The molecule has 0 atom stereocenters. The van der Waals surface area contributed by atoms with Gasteiger partial charge in [-0.2, -0.15) is 0 Å². The third-order valence-electron chi connectivity index (χ3n) is 3.46. The second kappa shape index (κ2) is 7.51. The van der Waals surface area contributed by atoms with Gasteiger partial charge in [0, 0.05) is 19.6 Å². The lowest BCUT2D eigenvalue weighted by atomic mass is 10.2. The summed E-state index contributed by atoms with van der Waals surface area (Å²) in [6.07, 6.45) is 0. The number of morpholine rings is 1. The van der Waals surface area contributed by atoms with Crippen molar-refractivity contribution in [2.45, 2.75) is 27.3 Å². The Labute approximate surface area is 125 Å². The zero-order valence-corrected chi connectivity index (χ0v) is 13.0. The van der Waals surface area contributed by atoms with Crippen LogP contribution in [0, 0.1) is 12.8 Å². The summed E-state index contributed by atoms with van der Waals surface area (Å²) in [5.74, 6) is -0.0792. The van der Waals surface area contributed by atoms with E-state index in [-0.39, 0.29) is 5.97 Å². The monoisotopic (exact) mass is 296 g/mol. The van der Waals surface area contributed by atoms with Gasteiger partial charge in [-0.3, -0.25) is 4.90 Å². The van der Waals surface area contributed by atoms with Crippen LogP contribution in [0.2, 0.25) is 0 Å². The SMILES string of the molecule is Cc1c(C(=O)OCC(C)C)nnn1CCN1CCOCC1. The average molecular weight is 296 g/mol. The van der Waals surface area contributed by atoms with E-state index in [0.29, 0.717) is 18.2 Å². The lowest BCUT2D eigenvalue weighted by molar-refractivity contribution is 0.0358. The molecule has 1 aromatic rings. The number of esters is 1. The third kappa shape index (κ3) is 4.50. The zero-order valence-electron chi connectivity index (χ0n) is 13.0. The maximum atomic E-state index is 11.9. The van der Waals surface area contributed by atoms with Gasteiger partial charge in [-0.05, 0) is 12.8 Å². The predicted octanol–water partition coefficient (Wildman–Crippen LogP) is 0.732. The van der Waals surface area contributed by atoms with Crippen LogP contribution in [0.25, 0.3) is 0 Å². The van der Waals surface area contributed by atoms with Crippen molar-refractivity contribution < 1.29 is 14.3 Å². The van der Waals surface area contributed by atoms with Gasteiger partial charge in [0.25, 0.3) is 0 Å². The summed E-state index contributed by atoms with van der Waals surface area (Å²) < 4.78 is 12.3. The molecule has 0 bridgehead atoms. The fourth-order valence-electron chi connectivity index (χ4n) is 2.13. The van der Waals surface area contributed by atoms with Gasteiger partial charge < -0.3 is 9.47 Å². The van der Waals surface area contributed by atoms with Crippen LogP contribution in [0.15, 0.2) is 0 Å². The van der Waals surface area contributed by atoms with Crippen LogP contribution in [0.1, 0.15) is 30.0 Å². The van der Waals surface area contributed by atoms with Crippen LogP contribution in [-0.4, -0.2) is 65.3 Å². The van der Waals surface area contributed by atoms with Crippen LogP contribution in [-0.2, 0) is 16.0 Å². The van der Waals surface area contributed by atoms with Gasteiger partial charge in [0.15, 0.2) is 5.69 Å². The van der Waals surface area contributed by atoms with Crippen molar-refractivity contribution in [1.29, 1.82) is 0 Å². The Kier molecular flexibility index (Phi) is 5.69. The quantitative estimate of drug-likeness (QED) is 0.721. The minimum Gasteiger partial charge on any atom is -0.461 e. The molecule has 1 aliphatic heterocycles. The van der Waals surface area contributed by atoms with E-state index >= 15 is 0 Å². The molecule has 0 unspecified atom stereocenters. The highest BCUT2D eigenvalue weighted by Gasteiger charge is 2.19. The van der Waals surface area contributed by atoms with Crippen molar-refractivity contribution in [3.8, 4) is 0 Å². The summed E-state index contributed by atoms with van der Waals surface area (Å²) in [5.41, 5.74) is 1.08. The van der Waals surface area contributed by atoms with Crippen LogP contribution in [0.4, 0.5) is 0 Å². The lowest BCUT2D eigenvalue weighted by Crippen LogP contribution is -2.38. The zero-order chi connectivity index (χ0) is 15.2. The van der Waals surface area contributed by atoms with E-state index in [2.05, 4.69) is 15.2 Å². The van der Waals surface area contributed by atoms with Crippen LogP contribution in [0.3, 0.4) is 0 Å². The number of hydrogen-bond acceptors (Lipinski definition) is 6. The molecule has 21 heavy (non-hydrogen) atoms. The fourth-order valence-corrected chi connectivity index (χ4v) is 2.13. The number of rotatable bonds is 6. The summed E-state index contributed by atoms with van der Waals surface area (Å²) in [6, 6.07) is 0. The van der Waals surface area contributed by atoms with E-state index in [1.807, 2.05) is 20.8 Å². The van der Waals surface area contributed by atoms with Crippen LogP contribution < -0.4 is 0 Å². The summed E-state index contributed by atoms with van der Waals surface area (Å²) in [5, 5.41) is 8.01. The molecule has 1 saturated heterocycles. The first-order chi connectivity index (χ1) is 10.1. The van der Waals surface area contributed by atoms with Gasteiger partial charge in [0.05, 0.1) is 32.1 Å². The Morgan fingerprint density at radius 3 is 2.71 bits per heavy atom. The summed E-state index contributed by atoms with van der Waals surface area (Å²) in [6.45, 7) is 11.3. The predicted molar refractivity (Wildman–Crippen MR) is 77.1 cm³/mol. The summed E-state index contributed by atoms with van der Waals surface area (Å²) >= 11 is 0. The van der Waals surface area contributed by atoms with Gasteiger partial charge in [0.2, 0.25) is 0 Å². The first-order valence-corrected chi connectivity index (χ1v) is 7.45. The van der Waals surface area contributed by atoms with E-state index in [1.54, 1.807) is 4.68 Å². The van der Waals surface area contributed by atoms with Crippen molar-refractivity contribution in [1.82, 2.24) is 19.9 Å². The smallest absolute Gasteiger partial charge is 0.360 e. The molecule has 2 rings (SSSR count). The minimum absolute atomic E-state index is 0.311. The number of hydrogen-bond donors (Lipinski definition) is 0. The highest BCUT2D eigenvalue weighted by Crippen LogP contribution is 2.07. The van der Waals surface area contributed by atoms with Gasteiger partial charge in [-0.1, -0.05) is 19.1 Å². The van der Waals surface area contributed by atoms with E-state index in [1.165, 1.54) is 0 Å². The maximum absolute atomic E-state index is 11.9. The van der Waals surface area contributed by atoms with Crippen molar-refractivity contribution in [3.63, 3.8) is 0 Å². The largest absolute Gasteiger partial charge is 0.461 e. The van der Waals surface area contributed by atoms with E-state index in [4.69, 9.17) is 9.47 Å². The molecular weight excluding hydrogens is 272 g/mol. The molecule has 0 aliphatic carbocycles. The van der Waals surface area contributed by atoms with E-state index in [9.17, 15) is 4.79 Å². The molecule has 1 aromatic heterocycles. The third-order valence-corrected chi connectivity index (χ3v) is 3.46. The summed E-state index contributed by atoms with van der Waals surface area (Å²) in [7, 11) is 0. The van der Waals surface area contributed by atoms with Crippen molar-refractivity contribution in [2.24, 2.45) is 5.92 Å². The Balaban J connectivity index is 1.88. The first kappa shape index (κ1) is 15.9. The number of nitrogens with zero attached hydrogens (tertiary/aromatic N) is 4. The van der Waals surface area contributed by atoms with Crippen LogP contribution in [0.5, 0.6) is 0 Å². The highest BCUT2D eigenvalue weighted by atomic mass is 16.5. The highest BCUT2D eigenvalue weighted by molar-refractivity contribution is 5.88. The number of ether oxygens (including phenoxy) is 2. The number of aromatic nitrogens is 3. The molecule has 1 fully saturated rings. The van der Waals surface area contributed by atoms with Gasteiger partial charge in [-0.15, -0.1) is 5.10 Å². The van der Waals surface area contributed by atoms with Gasteiger partial charge in [0.1, 0.15) is 0 Å². The fraction of sp³-hybridized carbons (Fsp3) is 0.786. The normalized spacial score (nSPS) is 16.4. The van der Waals surface area contributed by atoms with E-state index < -0.39 is 0 Å². The Bertz CT molecular complexity index is 467. The average Bonchev–Trinajstić information content (AvgIpc) is 2.85. The number of carbonyl (C=O) groups is 1. The molecule has 0 N–H and O–H groups in total. The molecule has 0 saturated carbocycles. The Morgan fingerprint density at radius 2 is 2.05 bits per heavy atom. The second-order valence-electron chi connectivity index (χ2n) is 5.69. The maximum Gasteiger partial charge on any atom is 0.360 e. The van der Waals surface area contributed by atoms with Crippen molar-refractivity contribution in [2.75, 3.05) is 39.5 Å². The van der Waals surface area contributed by atoms with Gasteiger partial charge in [-0.25, -0.2) is 9.48 Å². The standard InChI is InChI=1S/C14H24N4O3/c1-11(2)10-21-14(19)13-12(3)18(16-15-13)5-4-17-6-8-20-9-7-17/h11H,4-10H2,1-3H3. The topological polar surface area (TPSA) is 69.5 Å². The molecule has 2 heterocycles. The molecule has 7 heteroatoms. The molecule has 0 spiro atoms. The Morgan fingerprint density at radius 1 is 1.33 bits per heavy atom. The van der Waals surface area contributed by atoms with Crippen molar-refractivity contribution in [3.05, 3.63) is 11.4 Å². The van der Waals surface area contributed by atoms with E-state index in [0.717, 1.165) is 45.1 Å². The summed E-state index contributed by atoms with van der Waals surface area (Å²) in [4.78, 5) is 14.2. The molecular formula is C14H24N4O3. The second-order valence-corrected chi connectivity index (χ2v) is 5.69. The molecule has 1 aliphatic rings. The first-order valence-electron chi connectivity index (χ1n) is 7.45. The number of carbonyl (C=O) groups excluding carboxylic acids is 1. The molecule has 0 radical (unpaired) electrons. The molecule has 7 nitrogen and oxygen atoms in total. The molecule has 0 aromatic carbocycles.